The van der Waals surface area contributed by atoms with E-state index in [4.69, 9.17) is 14.2 Å². The van der Waals surface area contributed by atoms with E-state index in [9.17, 15) is 14.4 Å². The first-order chi connectivity index (χ1) is 31.5. The fourth-order valence-corrected chi connectivity index (χ4v) is 7.56. The molecule has 0 radical (unpaired) electrons. The summed E-state index contributed by atoms with van der Waals surface area (Å²) in [6.45, 7) is 6.57. The fraction of sp³-hybridized carbons (Fsp3) is 0.776. The van der Waals surface area contributed by atoms with E-state index in [1.54, 1.807) is 0 Å². The van der Waals surface area contributed by atoms with Gasteiger partial charge < -0.3 is 14.2 Å². The van der Waals surface area contributed by atoms with E-state index in [1.807, 2.05) is 0 Å². The fourth-order valence-electron chi connectivity index (χ4n) is 7.56. The van der Waals surface area contributed by atoms with E-state index >= 15 is 0 Å². The van der Waals surface area contributed by atoms with E-state index in [0.717, 1.165) is 109 Å². The van der Waals surface area contributed by atoms with Crippen molar-refractivity contribution in [2.24, 2.45) is 0 Å². The van der Waals surface area contributed by atoms with E-state index in [-0.39, 0.29) is 31.1 Å². The Morgan fingerprint density at radius 1 is 0.312 bits per heavy atom. The van der Waals surface area contributed by atoms with Crippen molar-refractivity contribution in [3.05, 3.63) is 60.8 Å². The van der Waals surface area contributed by atoms with Crippen LogP contribution in [0.1, 0.15) is 271 Å². The number of carbonyl (C=O) groups is 3. The van der Waals surface area contributed by atoms with E-state index < -0.39 is 6.10 Å². The average molecular weight is 895 g/mol. The number of allylic oxidation sites excluding steroid dienone is 10. The molecule has 0 bridgehead atoms. The second kappa shape index (κ2) is 52.7. The number of carbonyl (C=O) groups excluding carboxylic acids is 3. The monoisotopic (exact) mass is 895 g/mol. The summed E-state index contributed by atoms with van der Waals surface area (Å²) in [5.41, 5.74) is 0. The van der Waals surface area contributed by atoms with Crippen LogP contribution in [0.25, 0.3) is 0 Å². The first-order valence-electron chi connectivity index (χ1n) is 27.3. The lowest BCUT2D eigenvalue weighted by Crippen LogP contribution is -2.30. The molecule has 1 unspecified atom stereocenters. The van der Waals surface area contributed by atoms with Crippen molar-refractivity contribution in [1.82, 2.24) is 0 Å². The van der Waals surface area contributed by atoms with Crippen molar-refractivity contribution in [3.8, 4) is 0 Å². The van der Waals surface area contributed by atoms with Crippen molar-refractivity contribution in [3.63, 3.8) is 0 Å². The normalized spacial score (nSPS) is 12.5. The van der Waals surface area contributed by atoms with Crippen molar-refractivity contribution >= 4 is 17.9 Å². The van der Waals surface area contributed by atoms with Gasteiger partial charge in [0.05, 0.1) is 0 Å². The Bertz CT molecular complexity index is 1170. The first kappa shape index (κ1) is 61.1. The molecule has 64 heavy (non-hydrogen) atoms. The minimum Gasteiger partial charge on any atom is -0.462 e. The van der Waals surface area contributed by atoms with Gasteiger partial charge in [-0.2, -0.15) is 0 Å². The number of hydrogen-bond donors (Lipinski definition) is 0. The Hall–Kier alpha value is -2.89. The quantitative estimate of drug-likeness (QED) is 0.0262. The predicted octanol–water partition coefficient (Wildman–Crippen LogP) is 18.0. The predicted molar refractivity (Wildman–Crippen MR) is 275 cm³/mol. The van der Waals surface area contributed by atoms with Crippen LogP contribution in [0.4, 0.5) is 0 Å². The summed E-state index contributed by atoms with van der Waals surface area (Å²) in [6.07, 6.45) is 64.8. The van der Waals surface area contributed by atoms with Crippen LogP contribution in [0, 0.1) is 0 Å². The Morgan fingerprint density at radius 3 is 0.922 bits per heavy atom. The summed E-state index contributed by atoms with van der Waals surface area (Å²) in [6, 6.07) is 0. The van der Waals surface area contributed by atoms with Gasteiger partial charge in [-0.05, 0) is 109 Å². The molecule has 6 nitrogen and oxygen atoms in total. The van der Waals surface area contributed by atoms with E-state index in [2.05, 4.69) is 81.5 Å². The maximum Gasteiger partial charge on any atom is 0.306 e. The van der Waals surface area contributed by atoms with Crippen LogP contribution in [-0.2, 0) is 28.6 Å². The summed E-state index contributed by atoms with van der Waals surface area (Å²) in [7, 11) is 0. The lowest BCUT2D eigenvalue weighted by Gasteiger charge is -2.18. The maximum absolute atomic E-state index is 12.8. The standard InChI is InChI=1S/C58H102O6/c1-4-7-10-13-16-19-22-25-28-31-33-36-39-42-45-48-51-57(60)63-54-55(64-58(61)52-49-46-43-40-37-34-30-27-24-21-18-15-12-9-6-3)53-62-56(59)50-47-44-41-38-35-32-29-26-23-20-17-14-11-8-5-2/h18-19,21-22,26-31,55H,4-17,20,23-25,32-54H2,1-3H3/b21-18-,22-19-,29-26-,30-27-,31-28-. The minimum atomic E-state index is -0.790. The Balaban J connectivity index is 4.43. The van der Waals surface area contributed by atoms with Gasteiger partial charge >= 0.3 is 17.9 Å². The van der Waals surface area contributed by atoms with Gasteiger partial charge in [0.25, 0.3) is 0 Å². The highest BCUT2D eigenvalue weighted by molar-refractivity contribution is 5.71. The molecule has 0 amide bonds. The molecule has 0 aromatic carbocycles. The van der Waals surface area contributed by atoms with Gasteiger partial charge in [0.2, 0.25) is 0 Å². The van der Waals surface area contributed by atoms with Crippen LogP contribution in [0.15, 0.2) is 60.8 Å². The number of unbranched alkanes of at least 4 members (excludes halogenated alkanes) is 28. The van der Waals surface area contributed by atoms with Crippen molar-refractivity contribution in [2.45, 2.75) is 277 Å². The van der Waals surface area contributed by atoms with Gasteiger partial charge in [0.15, 0.2) is 6.10 Å². The molecule has 0 heterocycles. The van der Waals surface area contributed by atoms with Crippen LogP contribution >= 0.6 is 0 Å². The lowest BCUT2D eigenvalue weighted by atomic mass is 10.1. The van der Waals surface area contributed by atoms with Gasteiger partial charge in [-0.1, -0.05) is 204 Å². The zero-order chi connectivity index (χ0) is 46.5. The number of rotatable bonds is 49. The molecular weight excluding hydrogens is 793 g/mol. The number of hydrogen-bond acceptors (Lipinski definition) is 6. The molecule has 0 N–H and O–H groups in total. The Kier molecular flexibility index (Phi) is 50.4. The number of esters is 3. The number of ether oxygens (including phenoxy) is 3. The summed E-state index contributed by atoms with van der Waals surface area (Å²) >= 11 is 0. The molecule has 0 rings (SSSR count). The zero-order valence-electron chi connectivity index (χ0n) is 42.3. The second-order valence-corrected chi connectivity index (χ2v) is 18.1. The van der Waals surface area contributed by atoms with Gasteiger partial charge in [-0.25, -0.2) is 0 Å². The third-order valence-corrected chi connectivity index (χ3v) is 11.7. The van der Waals surface area contributed by atoms with Gasteiger partial charge in [0.1, 0.15) is 13.2 Å². The molecule has 0 aliphatic carbocycles. The third-order valence-electron chi connectivity index (χ3n) is 11.7. The highest BCUT2D eigenvalue weighted by atomic mass is 16.6. The largest absolute Gasteiger partial charge is 0.462 e. The Labute approximate surface area is 396 Å². The maximum atomic E-state index is 12.8. The molecule has 0 fully saturated rings. The second-order valence-electron chi connectivity index (χ2n) is 18.1. The molecule has 6 heteroatoms. The first-order valence-corrected chi connectivity index (χ1v) is 27.3. The van der Waals surface area contributed by atoms with Crippen molar-refractivity contribution in [1.29, 1.82) is 0 Å². The zero-order valence-corrected chi connectivity index (χ0v) is 42.3. The molecule has 1 atom stereocenters. The van der Waals surface area contributed by atoms with Gasteiger partial charge in [-0.15, -0.1) is 0 Å². The van der Waals surface area contributed by atoms with Crippen LogP contribution < -0.4 is 0 Å². The van der Waals surface area contributed by atoms with E-state index in [0.29, 0.717) is 19.3 Å². The molecule has 0 saturated carbocycles. The average Bonchev–Trinajstić information content (AvgIpc) is 3.29. The molecule has 370 valence electrons. The van der Waals surface area contributed by atoms with Crippen molar-refractivity contribution < 1.29 is 28.6 Å². The van der Waals surface area contributed by atoms with Gasteiger partial charge in [-0.3, -0.25) is 14.4 Å². The van der Waals surface area contributed by atoms with Gasteiger partial charge in [0, 0.05) is 19.3 Å². The molecule has 0 aromatic heterocycles. The molecular formula is C58H102O6. The summed E-state index contributed by atoms with van der Waals surface area (Å²) in [5.74, 6) is -0.917. The molecule has 0 aliphatic heterocycles. The summed E-state index contributed by atoms with van der Waals surface area (Å²) in [5, 5.41) is 0. The topological polar surface area (TPSA) is 78.9 Å². The highest BCUT2D eigenvalue weighted by Gasteiger charge is 2.19. The lowest BCUT2D eigenvalue weighted by molar-refractivity contribution is -0.167. The third kappa shape index (κ3) is 50.1. The Morgan fingerprint density at radius 2 is 0.562 bits per heavy atom. The molecule has 0 aromatic rings. The molecule has 0 aliphatic rings. The van der Waals surface area contributed by atoms with Crippen LogP contribution in [0.3, 0.4) is 0 Å². The molecule has 0 saturated heterocycles. The SMILES string of the molecule is CCCCC/C=C\C/C=C\CCCCCCCC(=O)OC(COC(=O)CCCCCCC/C=C\C/C=C\CCCCCC)COC(=O)CCCCCCC/C=C\CCCCCCCC. The molecule has 0 spiro atoms. The summed E-state index contributed by atoms with van der Waals surface area (Å²) < 4.78 is 16.8. The van der Waals surface area contributed by atoms with Crippen LogP contribution in [-0.4, -0.2) is 37.2 Å². The smallest absolute Gasteiger partial charge is 0.306 e. The summed E-state index contributed by atoms with van der Waals surface area (Å²) in [4.78, 5) is 38.1. The van der Waals surface area contributed by atoms with Crippen molar-refractivity contribution in [2.75, 3.05) is 13.2 Å². The van der Waals surface area contributed by atoms with Crippen LogP contribution in [0.2, 0.25) is 0 Å². The van der Waals surface area contributed by atoms with Crippen LogP contribution in [0.5, 0.6) is 0 Å². The van der Waals surface area contributed by atoms with E-state index in [1.165, 1.54) is 122 Å². The minimum absolute atomic E-state index is 0.0884. The highest BCUT2D eigenvalue weighted by Crippen LogP contribution is 2.14.